The summed E-state index contributed by atoms with van der Waals surface area (Å²) >= 11 is 0. The highest BCUT2D eigenvalue weighted by molar-refractivity contribution is 5.97. The van der Waals surface area contributed by atoms with Crippen LogP contribution in [0.3, 0.4) is 0 Å². The highest BCUT2D eigenvalue weighted by Gasteiger charge is 2.20. The Balaban J connectivity index is 1.51. The van der Waals surface area contributed by atoms with E-state index in [0.717, 1.165) is 28.9 Å². The van der Waals surface area contributed by atoms with E-state index in [9.17, 15) is 9.59 Å². The van der Waals surface area contributed by atoms with E-state index in [1.54, 1.807) is 48.7 Å². The SMILES string of the molecule is COC(=O)c1ccc(C=NN(C)c2cc(-c3cc4c([nH]3)CCNC4=O)ccn2)cc1. The van der Waals surface area contributed by atoms with Crippen molar-refractivity contribution < 1.29 is 14.3 Å². The molecule has 1 aliphatic rings. The van der Waals surface area contributed by atoms with E-state index in [2.05, 4.69) is 20.4 Å². The number of methoxy groups -OCH3 is 1. The van der Waals surface area contributed by atoms with Crippen LogP contribution in [0.5, 0.6) is 0 Å². The Morgan fingerprint density at radius 1 is 1.23 bits per heavy atom. The van der Waals surface area contributed by atoms with Gasteiger partial charge in [-0.25, -0.2) is 9.78 Å². The molecule has 3 aromatic rings. The van der Waals surface area contributed by atoms with Crippen molar-refractivity contribution in [1.82, 2.24) is 15.3 Å². The van der Waals surface area contributed by atoms with Gasteiger partial charge in [0.05, 0.1) is 24.5 Å². The van der Waals surface area contributed by atoms with Crippen molar-refractivity contribution in [3.8, 4) is 11.3 Å². The Hall–Kier alpha value is -3.94. The molecule has 0 saturated carbocycles. The number of anilines is 1. The Morgan fingerprint density at radius 3 is 2.77 bits per heavy atom. The fraction of sp³-hybridized carbons (Fsp3) is 0.182. The Labute approximate surface area is 173 Å². The lowest BCUT2D eigenvalue weighted by Crippen LogP contribution is -2.31. The zero-order valence-electron chi connectivity index (χ0n) is 16.7. The van der Waals surface area contributed by atoms with E-state index in [1.165, 1.54) is 7.11 Å². The number of H-pyrrole nitrogens is 1. The molecule has 1 amide bonds. The van der Waals surface area contributed by atoms with Gasteiger partial charge in [0.15, 0.2) is 0 Å². The number of pyridine rings is 1. The van der Waals surface area contributed by atoms with E-state index >= 15 is 0 Å². The van der Waals surface area contributed by atoms with Gasteiger partial charge < -0.3 is 15.0 Å². The van der Waals surface area contributed by atoms with Gasteiger partial charge in [0.25, 0.3) is 5.91 Å². The summed E-state index contributed by atoms with van der Waals surface area (Å²) in [6.07, 6.45) is 4.19. The standard InChI is InChI=1S/C22H21N5O3/c1-27(25-13-14-3-5-15(6-4-14)22(29)30-2)20-11-16(7-9-23-20)19-12-17-18(26-19)8-10-24-21(17)28/h3-7,9,11-13,26H,8,10H2,1-2H3,(H,24,28). The number of amides is 1. The fourth-order valence-electron chi connectivity index (χ4n) is 3.25. The number of esters is 1. The molecule has 0 bridgehead atoms. The number of nitrogens with zero attached hydrogens (tertiary/aromatic N) is 3. The van der Waals surface area contributed by atoms with Gasteiger partial charge in [0, 0.05) is 43.2 Å². The lowest BCUT2D eigenvalue weighted by atomic mass is 10.1. The molecule has 3 heterocycles. The van der Waals surface area contributed by atoms with Crippen molar-refractivity contribution in [3.05, 3.63) is 71.0 Å². The van der Waals surface area contributed by atoms with Crippen LogP contribution < -0.4 is 10.3 Å². The van der Waals surface area contributed by atoms with Crippen LogP contribution in [0, 0.1) is 0 Å². The van der Waals surface area contributed by atoms with E-state index in [0.29, 0.717) is 23.5 Å². The number of aromatic amines is 1. The largest absolute Gasteiger partial charge is 0.465 e. The number of carbonyl (C=O) groups excluding carboxylic acids is 2. The number of carbonyl (C=O) groups is 2. The van der Waals surface area contributed by atoms with E-state index in [4.69, 9.17) is 4.74 Å². The average Bonchev–Trinajstić information content (AvgIpc) is 3.23. The second-order valence-electron chi connectivity index (χ2n) is 6.87. The van der Waals surface area contributed by atoms with E-state index in [1.807, 2.05) is 18.2 Å². The Morgan fingerprint density at radius 2 is 2.03 bits per heavy atom. The zero-order chi connectivity index (χ0) is 21.1. The predicted octanol–water partition coefficient (Wildman–Crippen LogP) is 2.62. The number of hydrogen-bond donors (Lipinski definition) is 2. The molecule has 0 aliphatic carbocycles. The van der Waals surface area contributed by atoms with Crippen molar-refractivity contribution in [1.29, 1.82) is 0 Å². The second-order valence-corrected chi connectivity index (χ2v) is 6.87. The topological polar surface area (TPSA) is 99.7 Å². The van der Waals surface area contributed by atoms with Crippen LogP contribution >= 0.6 is 0 Å². The third-order valence-electron chi connectivity index (χ3n) is 4.90. The first-order valence-corrected chi connectivity index (χ1v) is 9.48. The first-order valence-electron chi connectivity index (χ1n) is 9.48. The molecule has 1 aliphatic heterocycles. The fourth-order valence-corrected chi connectivity index (χ4v) is 3.25. The molecule has 0 fully saturated rings. The van der Waals surface area contributed by atoms with Crippen molar-refractivity contribution >= 4 is 23.9 Å². The average molecular weight is 403 g/mol. The molecule has 8 heteroatoms. The van der Waals surface area contributed by atoms with Crippen molar-refractivity contribution in [3.63, 3.8) is 0 Å². The van der Waals surface area contributed by atoms with Crippen molar-refractivity contribution in [2.75, 3.05) is 25.7 Å². The maximum Gasteiger partial charge on any atom is 0.337 e. The molecule has 0 spiro atoms. The molecule has 0 unspecified atom stereocenters. The minimum absolute atomic E-state index is 0.0482. The first kappa shape index (κ1) is 19.4. The summed E-state index contributed by atoms with van der Waals surface area (Å²) in [5.41, 5.74) is 4.77. The smallest absolute Gasteiger partial charge is 0.337 e. The number of hydrazone groups is 1. The summed E-state index contributed by atoms with van der Waals surface area (Å²) in [7, 11) is 3.16. The van der Waals surface area contributed by atoms with Gasteiger partial charge in [-0.3, -0.25) is 9.80 Å². The summed E-state index contributed by atoms with van der Waals surface area (Å²) in [6.45, 7) is 0.644. The number of aromatic nitrogens is 2. The van der Waals surface area contributed by atoms with Gasteiger partial charge in [0.1, 0.15) is 5.82 Å². The number of rotatable bonds is 5. The van der Waals surface area contributed by atoms with Gasteiger partial charge in [-0.15, -0.1) is 0 Å². The third kappa shape index (κ3) is 3.93. The quantitative estimate of drug-likeness (QED) is 0.388. The van der Waals surface area contributed by atoms with E-state index in [-0.39, 0.29) is 11.9 Å². The Kier molecular flexibility index (Phi) is 5.30. The van der Waals surface area contributed by atoms with Gasteiger partial charge >= 0.3 is 5.97 Å². The highest BCUT2D eigenvalue weighted by atomic mass is 16.5. The van der Waals surface area contributed by atoms with Crippen LogP contribution in [-0.2, 0) is 11.2 Å². The van der Waals surface area contributed by atoms with Crippen LogP contribution in [0.25, 0.3) is 11.3 Å². The van der Waals surface area contributed by atoms with Crippen LogP contribution in [0.2, 0.25) is 0 Å². The lowest BCUT2D eigenvalue weighted by Gasteiger charge is -2.12. The van der Waals surface area contributed by atoms with Gasteiger partial charge in [0.2, 0.25) is 0 Å². The van der Waals surface area contributed by atoms with Crippen LogP contribution in [0.4, 0.5) is 5.82 Å². The van der Waals surface area contributed by atoms with Crippen LogP contribution in [0.1, 0.15) is 32.0 Å². The molecule has 0 radical (unpaired) electrons. The maximum atomic E-state index is 12.0. The molecule has 0 atom stereocenters. The number of fused-ring (bicyclic) bond motifs is 1. The van der Waals surface area contributed by atoms with Crippen molar-refractivity contribution in [2.45, 2.75) is 6.42 Å². The molecule has 1 aromatic carbocycles. The molecular formula is C22H21N5O3. The molecule has 0 saturated heterocycles. The van der Waals surface area contributed by atoms with Gasteiger partial charge in [-0.2, -0.15) is 5.10 Å². The molecule has 8 nitrogen and oxygen atoms in total. The third-order valence-corrected chi connectivity index (χ3v) is 4.90. The normalized spacial score (nSPS) is 13.1. The van der Waals surface area contributed by atoms with E-state index < -0.39 is 0 Å². The molecule has 4 rings (SSSR count). The maximum absolute atomic E-state index is 12.0. The first-order chi connectivity index (χ1) is 14.5. The summed E-state index contributed by atoms with van der Waals surface area (Å²) in [5.74, 6) is 0.236. The summed E-state index contributed by atoms with van der Waals surface area (Å²) in [5, 5.41) is 8.94. The second kappa shape index (κ2) is 8.20. The molecule has 30 heavy (non-hydrogen) atoms. The van der Waals surface area contributed by atoms with Crippen LogP contribution in [-0.4, -0.2) is 48.8 Å². The van der Waals surface area contributed by atoms with Crippen molar-refractivity contribution in [2.24, 2.45) is 5.10 Å². The number of ether oxygens (including phenoxy) is 1. The summed E-state index contributed by atoms with van der Waals surface area (Å²) < 4.78 is 4.70. The lowest BCUT2D eigenvalue weighted by molar-refractivity contribution is 0.0600. The number of nitrogens with one attached hydrogen (secondary N) is 2. The monoisotopic (exact) mass is 403 g/mol. The highest BCUT2D eigenvalue weighted by Crippen LogP contribution is 2.26. The summed E-state index contributed by atoms with van der Waals surface area (Å²) in [6, 6.07) is 12.6. The Bertz CT molecular complexity index is 1120. The molecule has 152 valence electrons. The molecule has 2 N–H and O–H groups in total. The summed E-state index contributed by atoms with van der Waals surface area (Å²) in [4.78, 5) is 31.2. The van der Waals surface area contributed by atoms with Crippen LogP contribution in [0.15, 0.2) is 53.8 Å². The minimum Gasteiger partial charge on any atom is -0.465 e. The number of hydrogen-bond acceptors (Lipinski definition) is 6. The van der Waals surface area contributed by atoms with Gasteiger partial charge in [-0.05, 0) is 35.9 Å². The number of benzene rings is 1. The minimum atomic E-state index is -0.375. The molecule has 2 aromatic heterocycles. The molecular weight excluding hydrogens is 382 g/mol. The zero-order valence-corrected chi connectivity index (χ0v) is 16.7. The predicted molar refractivity (Wildman–Crippen MR) is 114 cm³/mol. The van der Waals surface area contributed by atoms with Gasteiger partial charge in [-0.1, -0.05) is 12.1 Å².